The van der Waals surface area contributed by atoms with Gasteiger partial charge in [0.15, 0.2) is 0 Å². The van der Waals surface area contributed by atoms with Gasteiger partial charge in [0.25, 0.3) is 5.91 Å². The molecule has 1 aromatic carbocycles. The topological polar surface area (TPSA) is 67.5 Å². The lowest BCUT2D eigenvalue weighted by molar-refractivity contribution is -0.110. The van der Waals surface area contributed by atoms with E-state index in [0.29, 0.717) is 5.69 Å². The van der Waals surface area contributed by atoms with Crippen molar-refractivity contribution in [2.75, 3.05) is 5.32 Å². The molecule has 0 aliphatic carbocycles. The number of amides is 1. The molecule has 3 N–H and O–H groups in total. The van der Waals surface area contributed by atoms with Crippen molar-refractivity contribution >= 4 is 17.8 Å². The molecule has 0 fully saturated rings. The normalized spacial score (nSPS) is 10.2. The van der Waals surface area contributed by atoms with Crippen molar-refractivity contribution in [3.05, 3.63) is 30.1 Å². The lowest BCUT2D eigenvalue weighted by Crippen LogP contribution is -2.13. The maximum absolute atomic E-state index is 12.4. The van der Waals surface area contributed by atoms with E-state index < -0.39 is 5.91 Å². The number of hydrogen-bond acceptors (Lipinski definition) is 3. The Morgan fingerprint density at radius 1 is 1.46 bits per heavy atom. The van der Waals surface area contributed by atoms with Crippen LogP contribution in [0.3, 0.4) is 0 Å². The van der Waals surface area contributed by atoms with Gasteiger partial charge in [0.2, 0.25) is 0 Å². The molecule has 0 bridgehead atoms. The third-order valence-corrected chi connectivity index (χ3v) is 1.30. The molecule has 13 heavy (non-hydrogen) atoms. The zero-order valence-electron chi connectivity index (χ0n) is 6.70. The van der Waals surface area contributed by atoms with E-state index in [1.165, 1.54) is 24.3 Å². The predicted molar refractivity (Wildman–Crippen MR) is 47.7 cm³/mol. The second-order valence-electron chi connectivity index (χ2n) is 2.27. The minimum Gasteiger partial charge on any atom is -0.323 e. The lowest BCUT2D eigenvalue weighted by atomic mass is 10.3. The van der Waals surface area contributed by atoms with E-state index in [0.717, 1.165) is 6.21 Å². The van der Waals surface area contributed by atoms with Crippen LogP contribution in [0.5, 0.6) is 0 Å². The molecular formula is C8H8FN3O. The van der Waals surface area contributed by atoms with Gasteiger partial charge >= 0.3 is 0 Å². The predicted octanol–water partition coefficient (Wildman–Crippen LogP) is 0.709. The van der Waals surface area contributed by atoms with Crippen LogP contribution in [0, 0.1) is 5.82 Å². The van der Waals surface area contributed by atoms with E-state index in [1.807, 2.05) is 0 Å². The quantitative estimate of drug-likeness (QED) is 0.401. The molecule has 4 nitrogen and oxygen atoms in total. The number of nitrogens with one attached hydrogen (secondary N) is 1. The summed E-state index contributed by atoms with van der Waals surface area (Å²) in [5.74, 6) is 3.95. The lowest BCUT2D eigenvalue weighted by Gasteiger charge is -1.99. The van der Waals surface area contributed by atoms with Crippen LogP contribution in [0.2, 0.25) is 0 Å². The van der Waals surface area contributed by atoms with E-state index in [-0.39, 0.29) is 5.82 Å². The molecule has 0 aliphatic heterocycles. The second kappa shape index (κ2) is 4.20. The van der Waals surface area contributed by atoms with Crippen molar-refractivity contribution in [3.8, 4) is 0 Å². The number of carbonyl (C=O) groups excluding carboxylic acids is 1. The Labute approximate surface area is 74.2 Å². The van der Waals surface area contributed by atoms with Crippen LogP contribution >= 0.6 is 0 Å². The number of hydrogen-bond donors (Lipinski definition) is 2. The molecule has 1 aromatic rings. The molecule has 0 unspecified atom stereocenters. The van der Waals surface area contributed by atoms with Gasteiger partial charge in [0, 0.05) is 5.69 Å². The first-order chi connectivity index (χ1) is 6.22. The van der Waals surface area contributed by atoms with Gasteiger partial charge < -0.3 is 11.2 Å². The summed E-state index contributed by atoms with van der Waals surface area (Å²) < 4.78 is 12.4. The van der Waals surface area contributed by atoms with E-state index in [2.05, 4.69) is 10.4 Å². The first-order valence-corrected chi connectivity index (χ1v) is 3.52. The largest absolute Gasteiger partial charge is 0.323 e. The number of hydrazone groups is 1. The molecule has 0 spiro atoms. The number of carbonyl (C=O) groups is 1. The minimum absolute atomic E-state index is 0.356. The molecule has 0 saturated heterocycles. The maximum atomic E-state index is 12.4. The average molecular weight is 181 g/mol. The minimum atomic E-state index is -0.450. The maximum Gasteiger partial charge on any atom is 0.268 e. The molecule has 0 radical (unpaired) electrons. The highest BCUT2D eigenvalue weighted by atomic mass is 19.1. The average Bonchev–Trinajstić information content (AvgIpc) is 2.09. The summed E-state index contributed by atoms with van der Waals surface area (Å²) in [6.07, 6.45) is 0.934. The Bertz CT molecular complexity index is 321. The van der Waals surface area contributed by atoms with Crippen LogP contribution in [-0.2, 0) is 4.79 Å². The Hall–Kier alpha value is -1.91. The van der Waals surface area contributed by atoms with Crippen LogP contribution in [0.1, 0.15) is 0 Å². The van der Waals surface area contributed by atoms with Gasteiger partial charge in [-0.3, -0.25) is 4.79 Å². The Kier molecular flexibility index (Phi) is 2.97. The zero-order chi connectivity index (χ0) is 9.68. The Balaban J connectivity index is 2.64. The summed E-state index contributed by atoms with van der Waals surface area (Å²) in [7, 11) is 0. The molecule has 0 saturated carbocycles. The second-order valence-corrected chi connectivity index (χ2v) is 2.27. The first-order valence-electron chi connectivity index (χ1n) is 3.52. The smallest absolute Gasteiger partial charge is 0.268 e. The SMILES string of the molecule is N/N=C/C(=O)Nc1ccc(F)cc1. The third-order valence-electron chi connectivity index (χ3n) is 1.30. The number of halogens is 1. The molecule has 68 valence electrons. The van der Waals surface area contributed by atoms with Crippen molar-refractivity contribution in [2.45, 2.75) is 0 Å². The van der Waals surface area contributed by atoms with E-state index in [4.69, 9.17) is 5.84 Å². The van der Waals surface area contributed by atoms with Crippen molar-refractivity contribution in [1.82, 2.24) is 0 Å². The molecule has 0 aromatic heterocycles. The van der Waals surface area contributed by atoms with Gasteiger partial charge in [0.05, 0.1) is 0 Å². The van der Waals surface area contributed by atoms with Crippen LogP contribution < -0.4 is 11.2 Å². The van der Waals surface area contributed by atoms with Crippen LogP contribution in [0.25, 0.3) is 0 Å². The highest BCUT2D eigenvalue weighted by Crippen LogP contribution is 2.07. The van der Waals surface area contributed by atoms with Crippen LogP contribution in [0.4, 0.5) is 10.1 Å². The van der Waals surface area contributed by atoms with Gasteiger partial charge in [0.1, 0.15) is 12.0 Å². The summed E-state index contributed by atoms with van der Waals surface area (Å²) in [6, 6.07) is 5.37. The number of benzene rings is 1. The molecular weight excluding hydrogens is 173 g/mol. The van der Waals surface area contributed by atoms with Gasteiger partial charge in [-0.05, 0) is 24.3 Å². The number of anilines is 1. The molecule has 1 rings (SSSR count). The highest BCUT2D eigenvalue weighted by Gasteiger charge is 1.97. The molecule has 1 amide bonds. The fraction of sp³-hybridized carbons (Fsp3) is 0. The standard InChI is InChI=1S/C8H8FN3O/c9-6-1-3-7(4-2-6)12-8(13)5-11-10/h1-5H,10H2,(H,12,13)/b11-5+. The first kappa shape index (κ1) is 9.18. The summed E-state index contributed by atoms with van der Waals surface area (Å²) >= 11 is 0. The summed E-state index contributed by atoms with van der Waals surface area (Å²) in [4.78, 5) is 10.9. The van der Waals surface area contributed by atoms with E-state index in [1.54, 1.807) is 0 Å². The van der Waals surface area contributed by atoms with Crippen LogP contribution in [-0.4, -0.2) is 12.1 Å². The van der Waals surface area contributed by atoms with Crippen molar-refractivity contribution < 1.29 is 9.18 Å². The van der Waals surface area contributed by atoms with E-state index >= 15 is 0 Å². The summed E-state index contributed by atoms with van der Waals surface area (Å²) in [5.41, 5.74) is 0.492. The number of rotatable bonds is 2. The monoisotopic (exact) mass is 181 g/mol. The Morgan fingerprint density at radius 2 is 2.08 bits per heavy atom. The van der Waals surface area contributed by atoms with Gasteiger partial charge in [-0.25, -0.2) is 4.39 Å². The number of nitrogens with two attached hydrogens (primary N) is 1. The number of nitrogens with zero attached hydrogens (tertiary/aromatic N) is 1. The fourth-order valence-corrected chi connectivity index (χ4v) is 0.775. The van der Waals surface area contributed by atoms with Crippen molar-refractivity contribution in [2.24, 2.45) is 10.9 Å². The highest BCUT2D eigenvalue weighted by molar-refractivity contribution is 6.31. The summed E-state index contributed by atoms with van der Waals surface area (Å²) in [5, 5.41) is 5.47. The van der Waals surface area contributed by atoms with Gasteiger partial charge in [-0.2, -0.15) is 5.10 Å². The molecule has 0 atom stereocenters. The third kappa shape index (κ3) is 2.90. The van der Waals surface area contributed by atoms with Gasteiger partial charge in [-0.1, -0.05) is 0 Å². The zero-order valence-corrected chi connectivity index (χ0v) is 6.70. The molecule has 5 heteroatoms. The van der Waals surface area contributed by atoms with Gasteiger partial charge in [-0.15, -0.1) is 0 Å². The fourth-order valence-electron chi connectivity index (χ4n) is 0.775. The summed E-state index contributed by atoms with van der Waals surface area (Å²) in [6.45, 7) is 0. The van der Waals surface area contributed by atoms with E-state index in [9.17, 15) is 9.18 Å². The Morgan fingerprint density at radius 3 is 2.62 bits per heavy atom. The van der Waals surface area contributed by atoms with Crippen molar-refractivity contribution in [3.63, 3.8) is 0 Å². The molecule has 0 aliphatic rings. The van der Waals surface area contributed by atoms with Crippen molar-refractivity contribution in [1.29, 1.82) is 0 Å². The molecule has 0 heterocycles. The van der Waals surface area contributed by atoms with Crippen LogP contribution in [0.15, 0.2) is 29.4 Å².